The minimum atomic E-state index is -0.213. The molecule has 2 aromatic carbocycles. The molecule has 0 aliphatic carbocycles. The summed E-state index contributed by atoms with van der Waals surface area (Å²) >= 11 is 6.35. The number of benzene rings is 2. The van der Waals surface area contributed by atoms with Crippen LogP contribution in [-0.2, 0) is 16.1 Å². The molecule has 0 heterocycles. The number of amides is 2. The molecule has 0 radical (unpaired) electrons. The summed E-state index contributed by atoms with van der Waals surface area (Å²) in [4.78, 5) is 27.8. The van der Waals surface area contributed by atoms with Crippen molar-refractivity contribution in [1.82, 2.24) is 4.90 Å². The van der Waals surface area contributed by atoms with Crippen LogP contribution < -0.4 is 4.90 Å². The maximum absolute atomic E-state index is 12.6. The van der Waals surface area contributed by atoms with Gasteiger partial charge in [0.2, 0.25) is 11.8 Å². The Morgan fingerprint density at radius 3 is 2.28 bits per heavy atom. The Balaban J connectivity index is 2.19. The third-order valence-corrected chi connectivity index (χ3v) is 4.32. The highest BCUT2D eigenvalue weighted by molar-refractivity contribution is 6.34. The van der Waals surface area contributed by atoms with Gasteiger partial charge < -0.3 is 9.80 Å². The fourth-order valence-corrected chi connectivity index (χ4v) is 3.22. The summed E-state index contributed by atoms with van der Waals surface area (Å²) in [5.41, 5.74) is 3.53. The van der Waals surface area contributed by atoms with Crippen molar-refractivity contribution in [2.24, 2.45) is 0 Å². The predicted octanol–water partition coefficient (Wildman–Crippen LogP) is 3.97. The normalized spacial score (nSPS) is 10.4. The monoisotopic (exact) mass is 358 g/mol. The Morgan fingerprint density at radius 2 is 1.72 bits per heavy atom. The van der Waals surface area contributed by atoms with Crippen molar-refractivity contribution in [2.75, 3.05) is 18.5 Å². The van der Waals surface area contributed by atoms with Crippen molar-refractivity contribution < 1.29 is 9.59 Å². The molecule has 25 heavy (non-hydrogen) atoms. The Labute approximate surface area is 154 Å². The van der Waals surface area contributed by atoms with Crippen molar-refractivity contribution in [3.63, 3.8) is 0 Å². The molecule has 2 aromatic rings. The molecule has 0 atom stereocenters. The minimum Gasteiger partial charge on any atom is -0.340 e. The largest absolute Gasteiger partial charge is 0.340 e. The molecule has 4 nitrogen and oxygen atoms in total. The van der Waals surface area contributed by atoms with Gasteiger partial charge in [-0.25, -0.2) is 0 Å². The lowest BCUT2D eigenvalue weighted by Crippen LogP contribution is -2.41. The van der Waals surface area contributed by atoms with E-state index in [-0.39, 0.29) is 18.4 Å². The number of carbonyl (C=O) groups excluding carboxylic acids is 2. The number of hydrogen-bond donors (Lipinski definition) is 0. The summed E-state index contributed by atoms with van der Waals surface area (Å²) in [5.74, 6) is -0.356. The number of nitrogens with zero attached hydrogens (tertiary/aromatic N) is 2. The Kier molecular flexibility index (Phi) is 6.21. The van der Waals surface area contributed by atoms with Crippen LogP contribution >= 0.6 is 11.6 Å². The van der Waals surface area contributed by atoms with E-state index in [4.69, 9.17) is 11.6 Å². The summed E-state index contributed by atoms with van der Waals surface area (Å²) in [6.45, 7) is 5.73. The Hall–Kier alpha value is -2.33. The van der Waals surface area contributed by atoms with E-state index in [0.717, 1.165) is 16.7 Å². The first-order chi connectivity index (χ1) is 11.8. The first-order valence-corrected chi connectivity index (χ1v) is 8.50. The summed E-state index contributed by atoms with van der Waals surface area (Å²) in [6, 6.07) is 13.5. The fourth-order valence-electron chi connectivity index (χ4n) is 2.80. The van der Waals surface area contributed by atoms with Gasteiger partial charge in [0, 0.05) is 20.5 Å². The highest BCUT2D eigenvalue weighted by atomic mass is 35.5. The highest BCUT2D eigenvalue weighted by Gasteiger charge is 2.22. The van der Waals surface area contributed by atoms with Crippen molar-refractivity contribution >= 4 is 29.1 Å². The molecule has 0 aliphatic heterocycles. The molecule has 0 bridgehead atoms. The average Bonchev–Trinajstić information content (AvgIpc) is 2.53. The average molecular weight is 359 g/mol. The predicted molar refractivity (Wildman–Crippen MR) is 102 cm³/mol. The van der Waals surface area contributed by atoms with Crippen LogP contribution in [0.5, 0.6) is 0 Å². The second kappa shape index (κ2) is 8.17. The van der Waals surface area contributed by atoms with Gasteiger partial charge in [-0.05, 0) is 36.6 Å². The lowest BCUT2D eigenvalue weighted by Gasteiger charge is -2.27. The topological polar surface area (TPSA) is 40.6 Å². The van der Waals surface area contributed by atoms with Gasteiger partial charge >= 0.3 is 0 Å². The summed E-state index contributed by atoms with van der Waals surface area (Å²) in [5, 5.41) is 0.478. The van der Waals surface area contributed by atoms with Gasteiger partial charge in [-0.1, -0.05) is 48.0 Å². The second-order valence-electron chi connectivity index (χ2n) is 6.25. The first kappa shape index (κ1) is 19.0. The Morgan fingerprint density at radius 1 is 1.08 bits per heavy atom. The van der Waals surface area contributed by atoms with Crippen molar-refractivity contribution in [3.8, 4) is 0 Å². The van der Waals surface area contributed by atoms with Crippen LogP contribution in [0.15, 0.2) is 42.5 Å². The van der Waals surface area contributed by atoms with Crippen molar-refractivity contribution in [3.05, 3.63) is 64.2 Å². The molecule has 132 valence electrons. The third-order valence-electron chi connectivity index (χ3n) is 4.03. The number of aryl methyl sites for hydroxylation is 2. The molecule has 2 rings (SSSR count). The molecule has 0 saturated carbocycles. The van der Waals surface area contributed by atoms with E-state index < -0.39 is 0 Å². The number of carbonyl (C=O) groups is 2. The summed E-state index contributed by atoms with van der Waals surface area (Å²) in [6.07, 6.45) is 0. The molecule has 0 unspecified atom stereocenters. The third kappa shape index (κ3) is 4.83. The maximum Gasteiger partial charge on any atom is 0.242 e. The van der Waals surface area contributed by atoms with E-state index in [0.29, 0.717) is 17.3 Å². The smallest absolute Gasteiger partial charge is 0.242 e. The maximum atomic E-state index is 12.6. The van der Waals surface area contributed by atoms with Crippen molar-refractivity contribution in [1.29, 1.82) is 0 Å². The van der Waals surface area contributed by atoms with Crippen molar-refractivity contribution in [2.45, 2.75) is 27.3 Å². The number of likely N-dealkylation sites (N-methyl/N-ethyl adjacent to an activating group) is 1. The molecule has 0 N–H and O–H groups in total. The van der Waals surface area contributed by atoms with Crippen LogP contribution in [-0.4, -0.2) is 30.3 Å². The standard InChI is InChI=1S/C20H23ClN2O2/c1-14-10-15(2)20(18(21)11-14)23(16(3)24)13-19(25)22(4)12-17-8-6-5-7-9-17/h5-11H,12-13H2,1-4H3. The van der Waals surface area contributed by atoms with Gasteiger partial charge in [0.05, 0.1) is 10.7 Å². The summed E-state index contributed by atoms with van der Waals surface area (Å²) in [7, 11) is 1.73. The van der Waals surface area contributed by atoms with E-state index >= 15 is 0 Å². The van der Waals surface area contributed by atoms with E-state index in [9.17, 15) is 9.59 Å². The van der Waals surface area contributed by atoms with Crippen LogP contribution in [0.4, 0.5) is 5.69 Å². The van der Waals surface area contributed by atoms with E-state index in [1.165, 1.54) is 11.8 Å². The van der Waals surface area contributed by atoms with E-state index in [2.05, 4.69) is 0 Å². The first-order valence-electron chi connectivity index (χ1n) is 8.12. The zero-order chi connectivity index (χ0) is 18.6. The lowest BCUT2D eigenvalue weighted by atomic mass is 10.1. The SMILES string of the molecule is CC(=O)N(CC(=O)N(C)Cc1ccccc1)c1c(C)cc(C)cc1Cl. The van der Waals surface area contributed by atoms with Gasteiger partial charge in [0.25, 0.3) is 0 Å². The van der Waals surface area contributed by atoms with Crippen LogP contribution in [0, 0.1) is 13.8 Å². The molecule has 0 fully saturated rings. The van der Waals surface area contributed by atoms with Crippen LogP contribution in [0.25, 0.3) is 0 Å². The molecular formula is C20H23ClN2O2. The van der Waals surface area contributed by atoms with Crippen LogP contribution in [0.3, 0.4) is 0 Å². The number of rotatable bonds is 5. The lowest BCUT2D eigenvalue weighted by molar-refractivity contribution is -0.130. The van der Waals surface area contributed by atoms with Gasteiger partial charge in [-0.15, -0.1) is 0 Å². The minimum absolute atomic E-state index is 0.0394. The van der Waals surface area contributed by atoms with Gasteiger partial charge in [-0.3, -0.25) is 9.59 Å². The van der Waals surface area contributed by atoms with Gasteiger partial charge in [-0.2, -0.15) is 0 Å². The molecule has 0 aromatic heterocycles. The molecule has 0 aliphatic rings. The Bertz CT molecular complexity index is 752. The molecule has 2 amide bonds. The number of anilines is 1. The molecule has 0 saturated heterocycles. The van der Waals surface area contributed by atoms with Gasteiger partial charge in [0.15, 0.2) is 0 Å². The number of halogens is 1. The zero-order valence-electron chi connectivity index (χ0n) is 15.0. The zero-order valence-corrected chi connectivity index (χ0v) is 15.8. The van der Waals surface area contributed by atoms with Gasteiger partial charge in [0.1, 0.15) is 6.54 Å². The highest BCUT2D eigenvalue weighted by Crippen LogP contribution is 2.31. The van der Waals surface area contributed by atoms with Crippen LogP contribution in [0.2, 0.25) is 5.02 Å². The van der Waals surface area contributed by atoms with E-state index in [1.807, 2.05) is 50.2 Å². The quantitative estimate of drug-likeness (QED) is 0.811. The summed E-state index contributed by atoms with van der Waals surface area (Å²) < 4.78 is 0. The number of hydrogen-bond acceptors (Lipinski definition) is 2. The van der Waals surface area contributed by atoms with Crippen LogP contribution in [0.1, 0.15) is 23.6 Å². The van der Waals surface area contributed by atoms with E-state index in [1.54, 1.807) is 18.0 Å². The molecule has 0 spiro atoms. The molecular weight excluding hydrogens is 336 g/mol. The second-order valence-corrected chi connectivity index (χ2v) is 6.66. The fraction of sp³-hybridized carbons (Fsp3) is 0.300. The molecule has 5 heteroatoms.